The average molecular weight is 336 g/mol. The first-order chi connectivity index (χ1) is 9.20. The van der Waals surface area contributed by atoms with Crippen LogP contribution in [-0.2, 0) is 4.74 Å². The highest BCUT2D eigenvalue weighted by molar-refractivity contribution is 5.95. The smallest absolute Gasteiger partial charge is 0.254 e. The van der Waals surface area contributed by atoms with Crippen LogP contribution in [0.1, 0.15) is 10.4 Å². The lowest BCUT2D eigenvalue weighted by molar-refractivity contribution is 0.0594. The minimum Gasteiger partial charge on any atom is -0.399 e. The summed E-state index contributed by atoms with van der Waals surface area (Å²) in [7, 11) is 1.71. The Labute approximate surface area is 138 Å². The number of carbonyl (C=O) groups is 1. The lowest BCUT2D eigenvalue weighted by atomic mass is 10.1. The number of nitrogens with zero attached hydrogens (tertiary/aromatic N) is 2. The molecule has 0 aromatic heterocycles. The molecule has 5 nitrogen and oxygen atoms in total. The Morgan fingerprint density at radius 1 is 1.24 bits per heavy atom. The van der Waals surface area contributed by atoms with Crippen LogP contribution in [-0.4, -0.2) is 62.1 Å². The second kappa shape index (κ2) is 9.84. The van der Waals surface area contributed by atoms with Crippen LogP contribution in [0, 0.1) is 0 Å². The topological polar surface area (TPSA) is 58.8 Å². The molecule has 0 atom stereocenters. The maximum atomic E-state index is 12.3. The molecule has 7 heteroatoms. The molecule has 0 spiro atoms. The first-order valence-corrected chi connectivity index (χ1v) is 6.57. The van der Waals surface area contributed by atoms with Gasteiger partial charge in [-0.1, -0.05) is 6.07 Å². The summed E-state index contributed by atoms with van der Waals surface area (Å²) in [6.07, 6.45) is 0. The molecule has 0 aliphatic carbocycles. The molecule has 1 aromatic carbocycles. The number of piperazine rings is 1. The zero-order valence-electron chi connectivity index (χ0n) is 12.2. The first kappa shape index (κ1) is 20.0. The van der Waals surface area contributed by atoms with E-state index in [9.17, 15) is 4.79 Å². The summed E-state index contributed by atoms with van der Waals surface area (Å²) in [5, 5.41) is 0. The molecule has 1 fully saturated rings. The minimum absolute atomic E-state index is 0. The van der Waals surface area contributed by atoms with E-state index in [2.05, 4.69) is 4.90 Å². The molecule has 1 aromatic rings. The Hall–Kier alpha value is -1.01. The van der Waals surface area contributed by atoms with Crippen molar-refractivity contribution in [3.05, 3.63) is 29.8 Å². The molecule has 1 aliphatic rings. The fourth-order valence-electron chi connectivity index (χ4n) is 2.25. The lowest BCUT2D eigenvalue weighted by Crippen LogP contribution is -2.49. The van der Waals surface area contributed by atoms with E-state index in [4.69, 9.17) is 10.5 Å². The number of nitrogens with two attached hydrogens (primary N) is 1. The summed E-state index contributed by atoms with van der Waals surface area (Å²) in [5.74, 6) is 0.0682. The molecule has 0 saturated carbocycles. The van der Waals surface area contributed by atoms with Crippen molar-refractivity contribution in [1.29, 1.82) is 0 Å². The van der Waals surface area contributed by atoms with Gasteiger partial charge in [0.2, 0.25) is 0 Å². The molecule has 120 valence electrons. The zero-order chi connectivity index (χ0) is 13.7. The third kappa shape index (κ3) is 5.71. The summed E-state index contributed by atoms with van der Waals surface area (Å²) in [6, 6.07) is 7.16. The van der Waals surface area contributed by atoms with Crippen molar-refractivity contribution in [2.45, 2.75) is 0 Å². The Morgan fingerprint density at radius 2 is 1.90 bits per heavy atom. The number of carbonyl (C=O) groups excluding carboxylic acids is 1. The maximum absolute atomic E-state index is 12.3. The third-order valence-electron chi connectivity index (χ3n) is 3.40. The Kier molecular flexibility index (Phi) is 9.37. The summed E-state index contributed by atoms with van der Waals surface area (Å²) < 4.78 is 5.07. The predicted molar refractivity (Wildman–Crippen MR) is 89.6 cm³/mol. The highest BCUT2D eigenvalue weighted by atomic mass is 35.5. The van der Waals surface area contributed by atoms with E-state index >= 15 is 0 Å². The SMILES string of the molecule is COCCN1CCN(C(=O)c2cccc(N)c2)CC1.Cl.Cl. The molecule has 21 heavy (non-hydrogen) atoms. The summed E-state index contributed by atoms with van der Waals surface area (Å²) >= 11 is 0. The van der Waals surface area contributed by atoms with E-state index < -0.39 is 0 Å². The largest absolute Gasteiger partial charge is 0.399 e. The number of amides is 1. The van der Waals surface area contributed by atoms with Crippen molar-refractivity contribution in [1.82, 2.24) is 9.80 Å². The van der Waals surface area contributed by atoms with Crippen LogP contribution in [0.5, 0.6) is 0 Å². The quantitative estimate of drug-likeness (QED) is 0.847. The molecule has 1 amide bonds. The van der Waals surface area contributed by atoms with Gasteiger partial charge in [0.25, 0.3) is 5.91 Å². The van der Waals surface area contributed by atoms with Crippen molar-refractivity contribution >= 4 is 36.4 Å². The lowest BCUT2D eigenvalue weighted by Gasteiger charge is -2.34. The van der Waals surface area contributed by atoms with Crippen molar-refractivity contribution in [2.24, 2.45) is 0 Å². The van der Waals surface area contributed by atoms with Crippen LogP contribution >= 0.6 is 24.8 Å². The number of anilines is 1. The van der Waals surface area contributed by atoms with Crippen molar-refractivity contribution < 1.29 is 9.53 Å². The van der Waals surface area contributed by atoms with E-state index in [-0.39, 0.29) is 30.7 Å². The van der Waals surface area contributed by atoms with Crippen LogP contribution in [0.15, 0.2) is 24.3 Å². The molecule has 1 saturated heterocycles. The van der Waals surface area contributed by atoms with Gasteiger partial charge in [-0.15, -0.1) is 24.8 Å². The van der Waals surface area contributed by atoms with E-state index in [0.717, 1.165) is 39.3 Å². The number of rotatable bonds is 4. The molecule has 2 rings (SSSR count). The molecule has 1 heterocycles. The number of ether oxygens (including phenoxy) is 1. The van der Waals surface area contributed by atoms with Gasteiger partial charge in [-0.05, 0) is 18.2 Å². The number of hydrogen-bond acceptors (Lipinski definition) is 4. The standard InChI is InChI=1S/C14H21N3O2.2ClH/c1-19-10-9-16-5-7-17(8-6-16)14(18)12-3-2-4-13(15)11-12;;/h2-4,11H,5-10,15H2,1H3;2*1H. The van der Waals surface area contributed by atoms with Gasteiger partial charge in [0.1, 0.15) is 0 Å². The molecular formula is C14H23Cl2N3O2. The predicted octanol–water partition coefficient (Wildman–Crippen LogP) is 1.52. The third-order valence-corrected chi connectivity index (χ3v) is 3.40. The maximum Gasteiger partial charge on any atom is 0.254 e. The highest BCUT2D eigenvalue weighted by Gasteiger charge is 2.21. The zero-order valence-corrected chi connectivity index (χ0v) is 13.8. The fourth-order valence-corrected chi connectivity index (χ4v) is 2.25. The summed E-state index contributed by atoms with van der Waals surface area (Å²) in [4.78, 5) is 16.5. The second-order valence-corrected chi connectivity index (χ2v) is 4.75. The molecule has 0 unspecified atom stereocenters. The van der Waals surface area contributed by atoms with Gasteiger partial charge in [0.15, 0.2) is 0 Å². The Morgan fingerprint density at radius 3 is 2.48 bits per heavy atom. The van der Waals surface area contributed by atoms with Crippen LogP contribution in [0.25, 0.3) is 0 Å². The number of halogens is 2. The van der Waals surface area contributed by atoms with Gasteiger partial charge in [0.05, 0.1) is 6.61 Å². The number of nitrogen functional groups attached to an aromatic ring is 1. The summed E-state index contributed by atoms with van der Waals surface area (Å²) in [5.41, 5.74) is 7.01. The molecule has 1 aliphatic heterocycles. The van der Waals surface area contributed by atoms with Gasteiger partial charge >= 0.3 is 0 Å². The number of benzene rings is 1. The van der Waals surface area contributed by atoms with Crippen LogP contribution in [0.4, 0.5) is 5.69 Å². The monoisotopic (exact) mass is 335 g/mol. The number of hydrogen-bond donors (Lipinski definition) is 1. The van der Waals surface area contributed by atoms with Gasteiger partial charge in [-0.3, -0.25) is 9.69 Å². The molecule has 2 N–H and O–H groups in total. The van der Waals surface area contributed by atoms with E-state index in [1.165, 1.54) is 0 Å². The van der Waals surface area contributed by atoms with Crippen molar-refractivity contribution in [3.8, 4) is 0 Å². The van der Waals surface area contributed by atoms with E-state index in [1.807, 2.05) is 17.0 Å². The summed E-state index contributed by atoms with van der Waals surface area (Å²) in [6.45, 7) is 4.99. The Bertz CT molecular complexity index is 438. The van der Waals surface area contributed by atoms with Crippen LogP contribution in [0.3, 0.4) is 0 Å². The fraction of sp³-hybridized carbons (Fsp3) is 0.500. The minimum atomic E-state index is 0. The van der Waals surface area contributed by atoms with Gasteiger partial charge in [-0.2, -0.15) is 0 Å². The molecule has 0 bridgehead atoms. The van der Waals surface area contributed by atoms with Crippen molar-refractivity contribution in [2.75, 3.05) is 52.2 Å². The van der Waals surface area contributed by atoms with E-state index in [0.29, 0.717) is 11.3 Å². The molecule has 0 radical (unpaired) electrons. The van der Waals surface area contributed by atoms with Gasteiger partial charge in [0, 0.05) is 51.1 Å². The van der Waals surface area contributed by atoms with Gasteiger partial charge < -0.3 is 15.4 Å². The Balaban J connectivity index is 0.00000200. The highest BCUT2D eigenvalue weighted by Crippen LogP contribution is 2.11. The molecular weight excluding hydrogens is 313 g/mol. The van der Waals surface area contributed by atoms with Crippen LogP contribution in [0.2, 0.25) is 0 Å². The van der Waals surface area contributed by atoms with Crippen LogP contribution < -0.4 is 5.73 Å². The van der Waals surface area contributed by atoms with Crippen molar-refractivity contribution in [3.63, 3.8) is 0 Å². The normalized spacial score (nSPS) is 15.0. The van der Waals surface area contributed by atoms with Gasteiger partial charge in [-0.25, -0.2) is 0 Å². The first-order valence-electron chi connectivity index (χ1n) is 6.57. The second-order valence-electron chi connectivity index (χ2n) is 4.75. The van der Waals surface area contributed by atoms with E-state index in [1.54, 1.807) is 19.2 Å². The average Bonchev–Trinajstić information content (AvgIpc) is 2.45. The number of methoxy groups -OCH3 is 1.